The van der Waals surface area contributed by atoms with Crippen LogP contribution in [-0.2, 0) is 11.3 Å². The Morgan fingerprint density at radius 3 is 2.38 bits per heavy atom. The summed E-state index contributed by atoms with van der Waals surface area (Å²) in [6.45, 7) is 0.696. The highest BCUT2D eigenvalue weighted by molar-refractivity contribution is 6.21. The number of nitrogens with one attached hydrogen (secondary N) is 2. The molecule has 1 aliphatic rings. The van der Waals surface area contributed by atoms with Crippen LogP contribution in [0, 0.1) is 0 Å². The highest BCUT2D eigenvalue weighted by atomic mass is 16.2. The van der Waals surface area contributed by atoms with Crippen LogP contribution in [0.5, 0.6) is 0 Å². The quantitative estimate of drug-likeness (QED) is 0.811. The van der Waals surface area contributed by atoms with Crippen molar-refractivity contribution in [2.75, 3.05) is 6.54 Å². The van der Waals surface area contributed by atoms with Gasteiger partial charge in [-0.25, -0.2) is 4.98 Å². The molecule has 0 saturated heterocycles. The first-order valence-electron chi connectivity index (χ1n) is 7.84. The van der Waals surface area contributed by atoms with Gasteiger partial charge in [-0.1, -0.05) is 12.1 Å². The Bertz CT molecular complexity index is 739. The molecule has 0 atom stereocenters. The van der Waals surface area contributed by atoms with Gasteiger partial charge in [0.2, 0.25) is 5.91 Å². The molecular formula is C18H18N3O3+. The van der Waals surface area contributed by atoms with Gasteiger partial charge in [-0.05, 0) is 24.6 Å². The van der Waals surface area contributed by atoms with E-state index in [1.54, 1.807) is 30.5 Å². The van der Waals surface area contributed by atoms with Gasteiger partial charge in [0.05, 0.1) is 11.1 Å². The number of amides is 3. The van der Waals surface area contributed by atoms with Crippen LogP contribution in [0.15, 0.2) is 48.8 Å². The summed E-state index contributed by atoms with van der Waals surface area (Å²) in [6.07, 6.45) is 4.33. The number of pyridine rings is 1. The molecule has 3 amide bonds. The first-order chi connectivity index (χ1) is 11.7. The fourth-order valence-electron chi connectivity index (χ4n) is 2.67. The fourth-order valence-corrected chi connectivity index (χ4v) is 2.67. The van der Waals surface area contributed by atoms with E-state index in [0.29, 0.717) is 24.1 Å². The van der Waals surface area contributed by atoms with Crippen molar-refractivity contribution in [1.29, 1.82) is 0 Å². The average molecular weight is 324 g/mol. The highest BCUT2D eigenvalue weighted by Crippen LogP contribution is 2.22. The van der Waals surface area contributed by atoms with Crippen LogP contribution >= 0.6 is 0 Å². The summed E-state index contributed by atoms with van der Waals surface area (Å²) in [7, 11) is 0. The zero-order chi connectivity index (χ0) is 16.9. The Hall–Kier alpha value is -3.02. The molecule has 0 bridgehead atoms. The minimum atomic E-state index is -0.282. The van der Waals surface area contributed by atoms with Gasteiger partial charge in [-0.3, -0.25) is 19.3 Å². The number of hydrogen-bond acceptors (Lipinski definition) is 3. The second-order valence-electron chi connectivity index (χ2n) is 5.60. The molecule has 1 aromatic carbocycles. The van der Waals surface area contributed by atoms with E-state index >= 15 is 0 Å². The van der Waals surface area contributed by atoms with E-state index < -0.39 is 0 Å². The summed E-state index contributed by atoms with van der Waals surface area (Å²) in [4.78, 5) is 40.4. The summed E-state index contributed by atoms with van der Waals surface area (Å²) in [5.41, 5.74) is 1.85. The number of benzene rings is 1. The van der Waals surface area contributed by atoms with Crippen LogP contribution in [0.1, 0.15) is 39.1 Å². The third-order valence-electron chi connectivity index (χ3n) is 3.92. The molecule has 6 heteroatoms. The van der Waals surface area contributed by atoms with Gasteiger partial charge in [0.15, 0.2) is 12.4 Å². The van der Waals surface area contributed by atoms with Gasteiger partial charge in [-0.15, -0.1) is 0 Å². The Kier molecular flexibility index (Phi) is 4.65. The SMILES string of the molecule is O=C(CCCN1C(=O)c2ccccc2C1=O)NCc1ccc[nH+]c1. The zero-order valence-corrected chi connectivity index (χ0v) is 13.1. The van der Waals surface area contributed by atoms with Gasteiger partial charge in [-0.2, -0.15) is 0 Å². The summed E-state index contributed by atoms with van der Waals surface area (Å²) >= 11 is 0. The lowest BCUT2D eigenvalue weighted by molar-refractivity contribution is -0.378. The van der Waals surface area contributed by atoms with Crippen LogP contribution < -0.4 is 10.3 Å². The minimum Gasteiger partial charge on any atom is -0.352 e. The first-order valence-corrected chi connectivity index (χ1v) is 7.84. The van der Waals surface area contributed by atoms with Crippen molar-refractivity contribution >= 4 is 17.7 Å². The first kappa shape index (κ1) is 15.9. The van der Waals surface area contributed by atoms with E-state index in [9.17, 15) is 14.4 Å². The topological polar surface area (TPSA) is 80.6 Å². The van der Waals surface area contributed by atoms with Gasteiger partial charge < -0.3 is 5.32 Å². The zero-order valence-electron chi connectivity index (χ0n) is 13.1. The molecule has 2 heterocycles. The molecule has 6 nitrogen and oxygen atoms in total. The van der Waals surface area contributed by atoms with Gasteiger partial charge >= 0.3 is 0 Å². The maximum Gasteiger partial charge on any atom is 0.261 e. The molecule has 0 fully saturated rings. The number of rotatable bonds is 6. The predicted molar refractivity (Wildman–Crippen MR) is 85.9 cm³/mol. The molecule has 1 aliphatic heterocycles. The van der Waals surface area contributed by atoms with Crippen LogP contribution in [0.4, 0.5) is 0 Å². The van der Waals surface area contributed by atoms with Gasteiger partial charge in [0.1, 0.15) is 0 Å². The monoisotopic (exact) mass is 324 g/mol. The average Bonchev–Trinajstić information content (AvgIpc) is 2.86. The number of aromatic amines is 1. The van der Waals surface area contributed by atoms with Crippen molar-refractivity contribution < 1.29 is 19.4 Å². The van der Waals surface area contributed by atoms with Crippen molar-refractivity contribution in [3.8, 4) is 0 Å². The standard InChI is InChI=1S/C18H17N3O3/c22-16(20-12-13-5-3-9-19-11-13)8-4-10-21-17(23)14-6-1-2-7-15(14)18(21)24/h1-3,5-7,9,11H,4,8,10,12H2,(H,20,22)/p+1. The largest absolute Gasteiger partial charge is 0.352 e. The molecule has 0 unspecified atom stereocenters. The molecule has 122 valence electrons. The maximum atomic E-state index is 12.2. The number of carbonyl (C=O) groups excluding carboxylic acids is 3. The number of imide groups is 1. The molecule has 1 aromatic heterocycles. The molecular weight excluding hydrogens is 306 g/mol. The lowest BCUT2D eigenvalue weighted by atomic mass is 10.1. The lowest BCUT2D eigenvalue weighted by Crippen LogP contribution is -2.32. The second kappa shape index (κ2) is 7.04. The van der Waals surface area contributed by atoms with E-state index in [1.807, 2.05) is 18.3 Å². The number of aromatic nitrogens is 1. The third kappa shape index (κ3) is 3.32. The van der Waals surface area contributed by atoms with E-state index in [2.05, 4.69) is 10.3 Å². The lowest BCUT2D eigenvalue weighted by Gasteiger charge is -2.13. The normalized spacial score (nSPS) is 13.1. The molecule has 0 aliphatic carbocycles. The fraction of sp³-hybridized carbons (Fsp3) is 0.222. The highest BCUT2D eigenvalue weighted by Gasteiger charge is 2.34. The number of hydrogen-bond donors (Lipinski definition) is 1. The Morgan fingerprint density at radius 2 is 1.75 bits per heavy atom. The van der Waals surface area contributed by atoms with Crippen molar-refractivity contribution in [3.63, 3.8) is 0 Å². The van der Waals surface area contributed by atoms with Crippen molar-refractivity contribution in [2.24, 2.45) is 0 Å². The molecule has 2 aromatic rings. The second-order valence-corrected chi connectivity index (χ2v) is 5.60. The van der Waals surface area contributed by atoms with Crippen molar-refractivity contribution in [1.82, 2.24) is 10.2 Å². The molecule has 24 heavy (non-hydrogen) atoms. The minimum absolute atomic E-state index is 0.101. The van der Waals surface area contributed by atoms with Crippen LogP contribution in [0.2, 0.25) is 0 Å². The Balaban J connectivity index is 1.46. The third-order valence-corrected chi connectivity index (χ3v) is 3.92. The van der Waals surface area contributed by atoms with Crippen LogP contribution in [0.3, 0.4) is 0 Å². The molecule has 3 rings (SSSR count). The molecule has 0 radical (unpaired) electrons. The summed E-state index contributed by atoms with van der Waals surface area (Å²) in [6, 6.07) is 10.6. The maximum absolute atomic E-state index is 12.2. The Labute approximate surface area is 139 Å². The van der Waals surface area contributed by atoms with Crippen LogP contribution in [-0.4, -0.2) is 29.2 Å². The molecule has 0 saturated carbocycles. The number of nitrogens with zero attached hydrogens (tertiary/aromatic N) is 1. The van der Waals surface area contributed by atoms with Crippen LogP contribution in [0.25, 0.3) is 0 Å². The summed E-state index contributed by atoms with van der Waals surface area (Å²) in [5.74, 6) is -0.665. The smallest absolute Gasteiger partial charge is 0.261 e. The van der Waals surface area contributed by atoms with Gasteiger partial charge in [0, 0.05) is 31.1 Å². The van der Waals surface area contributed by atoms with E-state index in [1.165, 1.54) is 4.90 Å². The van der Waals surface area contributed by atoms with Crippen molar-refractivity contribution in [2.45, 2.75) is 19.4 Å². The number of fused-ring (bicyclic) bond motifs is 1. The number of carbonyl (C=O) groups is 3. The molecule has 0 spiro atoms. The van der Waals surface area contributed by atoms with E-state index in [0.717, 1.165) is 5.56 Å². The summed E-state index contributed by atoms with van der Waals surface area (Å²) < 4.78 is 0. The van der Waals surface area contributed by atoms with E-state index in [4.69, 9.17) is 0 Å². The van der Waals surface area contributed by atoms with Gasteiger partial charge in [0.25, 0.3) is 11.8 Å². The number of H-pyrrole nitrogens is 1. The summed E-state index contributed by atoms with van der Waals surface area (Å²) in [5, 5.41) is 2.82. The molecule has 2 N–H and O–H groups in total. The predicted octanol–water partition coefficient (Wildman–Crippen LogP) is 1.19. The van der Waals surface area contributed by atoms with Crippen molar-refractivity contribution in [3.05, 3.63) is 65.5 Å². The Morgan fingerprint density at radius 1 is 1.04 bits per heavy atom. The van der Waals surface area contributed by atoms with E-state index in [-0.39, 0.29) is 30.7 Å².